The lowest BCUT2D eigenvalue weighted by atomic mass is 9.96. The van der Waals surface area contributed by atoms with E-state index in [0.717, 1.165) is 11.3 Å². The Morgan fingerprint density at radius 2 is 2.00 bits per heavy atom. The van der Waals surface area contributed by atoms with Crippen LogP contribution >= 0.6 is 0 Å². The number of carbonyl (C=O) groups excluding carboxylic acids is 1. The van der Waals surface area contributed by atoms with E-state index in [-0.39, 0.29) is 18.4 Å². The lowest BCUT2D eigenvalue weighted by molar-refractivity contribution is 0.0948. The van der Waals surface area contributed by atoms with Crippen molar-refractivity contribution in [2.75, 3.05) is 13.2 Å². The summed E-state index contributed by atoms with van der Waals surface area (Å²) < 4.78 is 5.37. The molecule has 2 N–H and O–H groups in total. The van der Waals surface area contributed by atoms with E-state index in [9.17, 15) is 9.90 Å². The van der Waals surface area contributed by atoms with Gasteiger partial charge in [-0.15, -0.1) is 0 Å². The lowest BCUT2D eigenvalue weighted by Crippen LogP contribution is -2.29. The molecule has 0 aliphatic heterocycles. The molecule has 0 aliphatic carbocycles. The Morgan fingerprint density at radius 3 is 2.57 bits per heavy atom. The van der Waals surface area contributed by atoms with Crippen LogP contribution in [0.4, 0.5) is 0 Å². The van der Waals surface area contributed by atoms with Crippen LogP contribution in [-0.2, 0) is 0 Å². The SMILES string of the molecule is Cc1cc(C(=O)NCC(CCO)c2ccccc2)c(C)o1. The summed E-state index contributed by atoms with van der Waals surface area (Å²) in [5.74, 6) is 1.33. The van der Waals surface area contributed by atoms with Crippen molar-refractivity contribution in [3.05, 3.63) is 59.0 Å². The second-order valence-electron chi connectivity index (χ2n) is 5.16. The standard InChI is InChI=1S/C17H21NO3/c1-12-10-16(13(2)21-12)17(20)18-11-15(8-9-19)14-6-4-3-5-7-14/h3-7,10,15,19H,8-9,11H2,1-2H3,(H,18,20). The number of rotatable bonds is 6. The molecule has 1 heterocycles. The second-order valence-corrected chi connectivity index (χ2v) is 5.16. The number of hydrogen-bond acceptors (Lipinski definition) is 3. The van der Waals surface area contributed by atoms with Gasteiger partial charge in [-0.05, 0) is 31.9 Å². The van der Waals surface area contributed by atoms with Crippen LogP contribution in [0.1, 0.15) is 39.8 Å². The van der Waals surface area contributed by atoms with Crippen molar-refractivity contribution in [1.29, 1.82) is 0 Å². The third-order valence-electron chi connectivity index (χ3n) is 3.54. The van der Waals surface area contributed by atoms with E-state index in [0.29, 0.717) is 24.3 Å². The summed E-state index contributed by atoms with van der Waals surface area (Å²) in [5, 5.41) is 12.1. The normalized spacial score (nSPS) is 12.1. The zero-order chi connectivity index (χ0) is 15.2. The maximum Gasteiger partial charge on any atom is 0.254 e. The zero-order valence-electron chi connectivity index (χ0n) is 12.4. The molecule has 2 rings (SSSR count). The topological polar surface area (TPSA) is 62.5 Å². The summed E-state index contributed by atoms with van der Waals surface area (Å²) in [5.41, 5.74) is 1.69. The van der Waals surface area contributed by atoms with Crippen molar-refractivity contribution in [3.63, 3.8) is 0 Å². The Balaban J connectivity index is 2.02. The van der Waals surface area contributed by atoms with Crippen LogP contribution in [0.25, 0.3) is 0 Å². The van der Waals surface area contributed by atoms with Crippen LogP contribution in [0.5, 0.6) is 0 Å². The molecular formula is C17H21NO3. The van der Waals surface area contributed by atoms with Crippen LogP contribution in [-0.4, -0.2) is 24.2 Å². The van der Waals surface area contributed by atoms with Gasteiger partial charge >= 0.3 is 0 Å². The highest BCUT2D eigenvalue weighted by atomic mass is 16.3. The van der Waals surface area contributed by atoms with Gasteiger partial charge in [-0.3, -0.25) is 4.79 Å². The molecule has 0 bridgehead atoms. The smallest absolute Gasteiger partial charge is 0.254 e. The minimum atomic E-state index is -0.136. The highest BCUT2D eigenvalue weighted by Crippen LogP contribution is 2.19. The van der Waals surface area contributed by atoms with Gasteiger partial charge in [0.1, 0.15) is 11.5 Å². The fraction of sp³-hybridized carbons (Fsp3) is 0.353. The summed E-state index contributed by atoms with van der Waals surface area (Å²) in [4.78, 5) is 12.2. The van der Waals surface area contributed by atoms with Crippen LogP contribution in [0.3, 0.4) is 0 Å². The predicted molar refractivity (Wildman–Crippen MR) is 81.4 cm³/mol. The molecule has 2 aromatic rings. The van der Waals surface area contributed by atoms with Crippen molar-refractivity contribution >= 4 is 5.91 Å². The molecule has 1 aromatic heterocycles. The fourth-order valence-corrected chi connectivity index (χ4v) is 2.43. The number of carbonyl (C=O) groups is 1. The Morgan fingerprint density at radius 1 is 1.29 bits per heavy atom. The second kappa shape index (κ2) is 7.09. The number of aliphatic hydroxyl groups excluding tert-OH is 1. The van der Waals surface area contributed by atoms with Gasteiger partial charge in [0, 0.05) is 19.1 Å². The minimum Gasteiger partial charge on any atom is -0.466 e. The molecule has 0 saturated heterocycles. The van der Waals surface area contributed by atoms with Gasteiger partial charge in [0.15, 0.2) is 0 Å². The molecule has 1 amide bonds. The van der Waals surface area contributed by atoms with Crippen LogP contribution in [0.2, 0.25) is 0 Å². The van der Waals surface area contributed by atoms with Crippen molar-refractivity contribution in [2.45, 2.75) is 26.2 Å². The van der Waals surface area contributed by atoms with E-state index < -0.39 is 0 Å². The largest absolute Gasteiger partial charge is 0.466 e. The van der Waals surface area contributed by atoms with E-state index in [2.05, 4.69) is 5.32 Å². The number of aryl methyl sites for hydroxylation is 2. The number of amides is 1. The van der Waals surface area contributed by atoms with E-state index in [1.165, 1.54) is 0 Å². The summed E-state index contributed by atoms with van der Waals surface area (Å²) in [6.07, 6.45) is 0.619. The molecule has 0 radical (unpaired) electrons. The summed E-state index contributed by atoms with van der Waals surface area (Å²) in [7, 11) is 0. The summed E-state index contributed by atoms with van der Waals surface area (Å²) >= 11 is 0. The Bertz CT molecular complexity index is 589. The summed E-state index contributed by atoms with van der Waals surface area (Å²) in [6.45, 7) is 4.19. The number of nitrogens with one attached hydrogen (secondary N) is 1. The molecule has 1 aromatic carbocycles. The van der Waals surface area contributed by atoms with Gasteiger partial charge in [-0.25, -0.2) is 0 Å². The molecule has 21 heavy (non-hydrogen) atoms. The van der Waals surface area contributed by atoms with Crippen molar-refractivity contribution in [3.8, 4) is 0 Å². The van der Waals surface area contributed by atoms with Crippen LogP contribution in [0, 0.1) is 13.8 Å². The first-order chi connectivity index (χ1) is 10.1. The third kappa shape index (κ3) is 3.95. The molecule has 1 unspecified atom stereocenters. The molecular weight excluding hydrogens is 266 g/mol. The highest BCUT2D eigenvalue weighted by molar-refractivity contribution is 5.95. The average Bonchev–Trinajstić information content (AvgIpc) is 2.83. The Kier molecular flexibility index (Phi) is 5.17. The van der Waals surface area contributed by atoms with Gasteiger partial charge < -0.3 is 14.8 Å². The van der Waals surface area contributed by atoms with E-state index in [4.69, 9.17) is 4.42 Å². The lowest BCUT2D eigenvalue weighted by Gasteiger charge is -2.17. The van der Waals surface area contributed by atoms with Gasteiger partial charge in [0.25, 0.3) is 5.91 Å². The molecule has 0 spiro atoms. The van der Waals surface area contributed by atoms with E-state index in [1.54, 1.807) is 13.0 Å². The number of furan rings is 1. The van der Waals surface area contributed by atoms with Gasteiger partial charge in [-0.1, -0.05) is 30.3 Å². The Labute approximate surface area is 124 Å². The van der Waals surface area contributed by atoms with Crippen LogP contribution in [0.15, 0.2) is 40.8 Å². The molecule has 1 atom stereocenters. The first kappa shape index (κ1) is 15.3. The first-order valence-corrected chi connectivity index (χ1v) is 7.13. The molecule has 4 heteroatoms. The van der Waals surface area contributed by atoms with Gasteiger partial charge in [0.05, 0.1) is 5.56 Å². The summed E-state index contributed by atoms with van der Waals surface area (Å²) in [6, 6.07) is 11.7. The van der Waals surface area contributed by atoms with E-state index >= 15 is 0 Å². The molecule has 0 fully saturated rings. The fourth-order valence-electron chi connectivity index (χ4n) is 2.43. The zero-order valence-corrected chi connectivity index (χ0v) is 12.4. The van der Waals surface area contributed by atoms with Crippen LogP contribution < -0.4 is 5.32 Å². The van der Waals surface area contributed by atoms with Crippen molar-refractivity contribution < 1.29 is 14.3 Å². The maximum atomic E-state index is 12.2. The van der Waals surface area contributed by atoms with Gasteiger partial charge in [0.2, 0.25) is 0 Å². The molecule has 0 aliphatic rings. The average molecular weight is 287 g/mol. The van der Waals surface area contributed by atoms with Gasteiger partial charge in [-0.2, -0.15) is 0 Å². The monoisotopic (exact) mass is 287 g/mol. The maximum absolute atomic E-state index is 12.2. The van der Waals surface area contributed by atoms with E-state index in [1.807, 2.05) is 37.3 Å². The quantitative estimate of drug-likeness (QED) is 0.858. The Hall–Kier alpha value is -2.07. The molecule has 4 nitrogen and oxygen atoms in total. The third-order valence-corrected chi connectivity index (χ3v) is 3.54. The van der Waals surface area contributed by atoms with Crippen molar-refractivity contribution in [1.82, 2.24) is 5.32 Å². The first-order valence-electron chi connectivity index (χ1n) is 7.13. The predicted octanol–water partition coefficient (Wildman–Crippen LogP) is 2.79. The molecule has 112 valence electrons. The number of aliphatic hydroxyl groups is 1. The minimum absolute atomic E-state index is 0.0965. The number of hydrogen-bond donors (Lipinski definition) is 2. The molecule has 0 saturated carbocycles. The highest BCUT2D eigenvalue weighted by Gasteiger charge is 2.16. The number of benzene rings is 1. The van der Waals surface area contributed by atoms with Crippen molar-refractivity contribution in [2.24, 2.45) is 0 Å².